The predicted octanol–water partition coefficient (Wildman–Crippen LogP) is 2.12. The largest absolute Gasteiger partial charge is 0.369 e. The third-order valence-electron chi connectivity index (χ3n) is 6.21. The van der Waals surface area contributed by atoms with Crippen molar-refractivity contribution in [3.63, 3.8) is 0 Å². The number of fused-ring (bicyclic) bond motifs is 3. The van der Waals surface area contributed by atoms with Gasteiger partial charge < -0.3 is 9.80 Å². The molecule has 3 heterocycles. The molecule has 0 aromatic heterocycles. The van der Waals surface area contributed by atoms with Crippen LogP contribution in [0.2, 0.25) is 0 Å². The minimum Gasteiger partial charge on any atom is -0.369 e. The smallest absolute Gasteiger partial charge is 0.153 e. The molecule has 1 aromatic rings. The highest BCUT2D eigenvalue weighted by Crippen LogP contribution is 2.46. The van der Waals surface area contributed by atoms with E-state index in [9.17, 15) is 13.2 Å². The second-order valence-corrected chi connectivity index (χ2v) is 10.7. The summed E-state index contributed by atoms with van der Waals surface area (Å²) >= 11 is 0. The Balaban J connectivity index is 1.52. The lowest BCUT2D eigenvalue weighted by Crippen LogP contribution is -2.60. The molecular weight excluding hydrogens is 336 g/mol. The van der Waals surface area contributed by atoms with Crippen molar-refractivity contribution >= 4 is 27.0 Å². The second-order valence-electron chi connectivity index (χ2n) is 8.38. The Morgan fingerprint density at radius 2 is 1.64 bits per heavy atom. The van der Waals surface area contributed by atoms with Crippen LogP contribution in [0.3, 0.4) is 0 Å². The summed E-state index contributed by atoms with van der Waals surface area (Å²) in [7, 11) is -2.85. The van der Waals surface area contributed by atoms with Crippen molar-refractivity contribution in [2.45, 2.75) is 32.7 Å². The van der Waals surface area contributed by atoms with Crippen molar-refractivity contribution in [3.8, 4) is 0 Å². The SMILES string of the molecule is CC1(C)C[C@H]2CN(c3ccc(N4CCS(=O)(=O)CC4)cc3)C1CC2=O. The van der Waals surface area contributed by atoms with Gasteiger partial charge >= 0.3 is 0 Å². The number of carbonyl (C=O) groups excluding carboxylic acids is 1. The summed E-state index contributed by atoms with van der Waals surface area (Å²) in [5.41, 5.74) is 2.41. The van der Waals surface area contributed by atoms with Gasteiger partial charge in [0.25, 0.3) is 0 Å². The highest BCUT2D eigenvalue weighted by atomic mass is 32.2. The van der Waals surface area contributed by atoms with Crippen molar-refractivity contribution in [1.82, 2.24) is 0 Å². The van der Waals surface area contributed by atoms with Gasteiger partial charge in [-0.05, 0) is 36.1 Å². The highest BCUT2D eigenvalue weighted by molar-refractivity contribution is 7.91. The average Bonchev–Trinajstić information content (AvgIpc) is 2.56. The van der Waals surface area contributed by atoms with Crippen LogP contribution in [0.5, 0.6) is 0 Å². The molecule has 6 heteroatoms. The van der Waals surface area contributed by atoms with Crippen molar-refractivity contribution in [2.24, 2.45) is 11.3 Å². The normalized spacial score (nSPS) is 30.6. The van der Waals surface area contributed by atoms with Crippen LogP contribution in [0.4, 0.5) is 11.4 Å². The third-order valence-corrected chi connectivity index (χ3v) is 7.82. The molecule has 5 nitrogen and oxygen atoms in total. The zero-order chi connectivity index (χ0) is 17.8. The fourth-order valence-corrected chi connectivity index (χ4v) is 5.89. The Morgan fingerprint density at radius 1 is 1.04 bits per heavy atom. The number of carbonyl (C=O) groups is 1. The van der Waals surface area contributed by atoms with Crippen LogP contribution in [0.25, 0.3) is 0 Å². The predicted molar refractivity (Wildman–Crippen MR) is 100.0 cm³/mol. The summed E-state index contributed by atoms with van der Waals surface area (Å²) in [5, 5.41) is 0. The van der Waals surface area contributed by atoms with Crippen LogP contribution < -0.4 is 9.80 Å². The van der Waals surface area contributed by atoms with Crippen molar-refractivity contribution in [1.29, 1.82) is 0 Å². The molecule has 1 unspecified atom stereocenters. The molecule has 1 saturated carbocycles. The van der Waals surface area contributed by atoms with E-state index >= 15 is 0 Å². The minimum atomic E-state index is -2.85. The maximum absolute atomic E-state index is 12.2. The molecule has 1 aliphatic carbocycles. The van der Waals surface area contributed by atoms with E-state index in [1.54, 1.807) is 0 Å². The molecule has 136 valence electrons. The number of rotatable bonds is 2. The first-order valence-electron chi connectivity index (χ1n) is 9.10. The molecule has 2 atom stereocenters. The second kappa shape index (κ2) is 5.73. The molecule has 0 radical (unpaired) electrons. The van der Waals surface area contributed by atoms with Crippen molar-refractivity contribution in [2.75, 3.05) is 40.9 Å². The summed E-state index contributed by atoms with van der Waals surface area (Å²) < 4.78 is 23.2. The Labute approximate surface area is 149 Å². The number of anilines is 2. The van der Waals surface area contributed by atoms with E-state index in [-0.39, 0.29) is 28.9 Å². The fourth-order valence-electron chi connectivity index (χ4n) is 4.69. The average molecular weight is 362 g/mol. The summed E-state index contributed by atoms with van der Waals surface area (Å²) in [6.07, 6.45) is 1.65. The molecule has 0 N–H and O–H groups in total. The topological polar surface area (TPSA) is 57.7 Å². The Kier molecular flexibility index (Phi) is 3.87. The van der Waals surface area contributed by atoms with Crippen molar-refractivity contribution < 1.29 is 13.2 Å². The molecule has 25 heavy (non-hydrogen) atoms. The van der Waals surface area contributed by atoms with Gasteiger partial charge in [-0.15, -0.1) is 0 Å². The molecule has 0 spiro atoms. The van der Waals surface area contributed by atoms with Gasteiger partial charge in [0, 0.05) is 49.4 Å². The summed E-state index contributed by atoms with van der Waals surface area (Å²) in [5.74, 6) is 1.06. The van der Waals surface area contributed by atoms with Gasteiger partial charge in [-0.3, -0.25) is 4.79 Å². The van der Waals surface area contributed by atoms with Crippen molar-refractivity contribution in [3.05, 3.63) is 24.3 Å². The van der Waals surface area contributed by atoms with E-state index in [0.717, 1.165) is 18.7 Å². The number of hydrogen-bond donors (Lipinski definition) is 0. The van der Waals surface area contributed by atoms with Crippen LogP contribution >= 0.6 is 0 Å². The maximum atomic E-state index is 12.2. The van der Waals surface area contributed by atoms with Crippen LogP contribution in [-0.4, -0.2) is 51.4 Å². The van der Waals surface area contributed by atoms with Gasteiger partial charge in [0.1, 0.15) is 5.78 Å². The zero-order valence-electron chi connectivity index (χ0n) is 14.9. The van der Waals surface area contributed by atoms with Crippen LogP contribution in [-0.2, 0) is 14.6 Å². The molecule has 4 aliphatic rings. The Bertz CT molecular complexity index is 771. The van der Waals surface area contributed by atoms with E-state index in [2.05, 4.69) is 47.9 Å². The Morgan fingerprint density at radius 3 is 2.24 bits per heavy atom. The maximum Gasteiger partial charge on any atom is 0.153 e. The quantitative estimate of drug-likeness (QED) is 0.807. The van der Waals surface area contributed by atoms with Gasteiger partial charge in [0.2, 0.25) is 0 Å². The fraction of sp³-hybridized carbons (Fsp3) is 0.632. The standard InChI is InChI=1S/C19H26N2O3S/c1-19(2)12-14-13-21(18(19)11-17(14)22)16-5-3-15(4-6-16)20-7-9-25(23,24)10-8-20/h3-6,14,18H,7-13H2,1-2H3/t14-,18?/m0/s1. The first-order valence-corrected chi connectivity index (χ1v) is 10.9. The van der Waals surface area contributed by atoms with Gasteiger partial charge in [-0.25, -0.2) is 8.42 Å². The van der Waals surface area contributed by atoms with Gasteiger partial charge in [-0.1, -0.05) is 13.8 Å². The zero-order valence-corrected chi connectivity index (χ0v) is 15.8. The number of benzene rings is 1. The van der Waals surface area contributed by atoms with E-state index in [1.165, 1.54) is 5.69 Å². The van der Waals surface area contributed by atoms with E-state index < -0.39 is 9.84 Å². The molecule has 0 amide bonds. The number of Topliss-reactive ketones (excluding diaryl/α,β-unsaturated/α-hetero) is 1. The number of piperidine rings is 2. The number of sulfone groups is 1. The van der Waals surface area contributed by atoms with E-state index in [4.69, 9.17) is 0 Å². The minimum absolute atomic E-state index is 0.159. The number of nitrogens with zero attached hydrogens (tertiary/aromatic N) is 2. The molecule has 4 fully saturated rings. The lowest BCUT2D eigenvalue weighted by molar-refractivity contribution is -0.130. The number of ketones is 1. The van der Waals surface area contributed by atoms with Crippen LogP contribution in [0.1, 0.15) is 26.7 Å². The highest BCUT2D eigenvalue weighted by Gasteiger charge is 2.49. The van der Waals surface area contributed by atoms with Crippen LogP contribution in [0.15, 0.2) is 24.3 Å². The molecule has 2 bridgehead atoms. The lowest BCUT2D eigenvalue weighted by atomic mass is 9.64. The molecule has 1 aromatic carbocycles. The first-order chi connectivity index (χ1) is 11.8. The van der Waals surface area contributed by atoms with Gasteiger partial charge in [0.05, 0.1) is 11.5 Å². The van der Waals surface area contributed by atoms with Gasteiger partial charge in [0.15, 0.2) is 9.84 Å². The lowest BCUT2D eigenvalue weighted by Gasteiger charge is -2.54. The van der Waals surface area contributed by atoms with E-state index in [0.29, 0.717) is 25.3 Å². The summed E-state index contributed by atoms with van der Waals surface area (Å²) in [6.45, 7) is 6.50. The molecule has 5 rings (SSSR count). The number of hydrogen-bond acceptors (Lipinski definition) is 5. The van der Waals surface area contributed by atoms with Crippen LogP contribution in [0, 0.1) is 11.3 Å². The first kappa shape index (κ1) is 16.9. The third kappa shape index (κ3) is 3.05. The summed E-state index contributed by atoms with van der Waals surface area (Å²) in [6, 6.07) is 8.70. The summed E-state index contributed by atoms with van der Waals surface area (Å²) in [4.78, 5) is 16.7. The Hall–Kier alpha value is -1.56. The molecular formula is C19H26N2O3S. The monoisotopic (exact) mass is 362 g/mol. The molecule has 3 aliphatic heterocycles. The molecule has 3 saturated heterocycles. The van der Waals surface area contributed by atoms with Gasteiger partial charge in [-0.2, -0.15) is 0 Å². The van der Waals surface area contributed by atoms with E-state index in [1.807, 2.05) is 0 Å².